The third-order valence-electron chi connectivity index (χ3n) is 4.49. The first-order valence-electron chi connectivity index (χ1n) is 6.77. The molecule has 18 heavy (non-hydrogen) atoms. The van der Waals surface area contributed by atoms with Crippen molar-refractivity contribution >= 4 is 11.5 Å². The smallest absolute Gasteiger partial charge is 0.244 e. The van der Waals surface area contributed by atoms with Crippen molar-refractivity contribution in [1.82, 2.24) is 5.32 Å². The lowest BCUT2D eigenvalue weighted by Gasteiger charge is -2.23. The molecule has 2 aliphatic carbocycles. The SMILES string of the molecule is CNC(=O)/C=C1\CC2(CCCC2)c2ccccc21. The van der Waals surface area contributed by atoms with Crippen LogP contribution in [0, 0.1) is 0 Å². The van der Waals surface area contributed by atoms with Gasteiger partial charge in [0.15, 0.2) is 0 Å². The van der Waals surface area contributed by atoms with Crippen LogP contribution < -0.4 is 5.32 Å². The Morgan fingerprint density at radius 2 is 2.00 bits per heavy atom. The van der Waals surface area contributed by atoms with Gasteiger partial charge in [0.05, 0.1) is 0 Å². The van der Waals surface area contributed by atoms with Crippen molar-refractivity contribution in [1.29, 1.82) is 0 Å². The maximum Gasteiger partial charge on any atom is 0.244 e. The number of likely N-dealkylation sites (N-methyl/N-ethyl adjacent to an activating group) is 1. The van der Waals surface area contributed by atoms with Crippen LogP contribution in [0.3, 0.4) is 0 Å². The number of allylic oxidation sites excluding steroid dienone is 1. The zero-order chi connectivity index (χ0) is 12.6. The lowest BCUT2D eigenvalue weighted by atomic mass is 9.80. The Balaban J connectivity index is 2.07. The van der Waals surface area contributed by atoms with E-state index >= 15 is 0 Å². The van der Waals surface area contributed by atoms with Crippen LogP contribution in [0.15, 0.2) is 30.3 Å². The van der Waals surface area contributed by atoms with Crippen LogP contribution in [-0.2, 0) is 10.2 Å². The second-order valence-corrected chi connectivity index (χ2v) is 5.49. The quantitative estimate of drug-likeness (QED) is 0.752. The third kappa shape index (κ3) is 1.67. The summed E-state index contributed by atoms with van der Waals surface area (Å²) < 4.78 is 0. The van der Waals surface area contributed by atoms with Gasteiger partial charge in [-0.3, -0.25) is 4.79 Å². The number of hydrogen-bond donors (Lipinski definition) is 1. The van der Waals surface area contributed by atoms with E-state index in [-0.39, 0.29) is 5.91 Å². The van der Waals surface area contributed by atoms with Gasteiger partial charge in [0, 0.05) is 13.1 Å². The lowest BCUT2D eigenvalue weighted by Crippen LogP contribution is -2.18. The predicted octanol–water partition coefficient (Wildman–Crippen LogP) is 3.03. The topological polar surface area (TPSA) is 29.1 Å². The maximum atomic E-state index is 11.6. The molecular weight excluding hydrogens is 222 g/mol. The Morgan fingerprint density at radius 3 is 2.72 bits per heavy atom. The first-order valence-corrected chi connectivity index (χ1v) is 6.77. The number of amides is 1. The van der Waals surface area contributed by atoms with E-state index in [1.54, 1.807) is 13.1 Å². The number of carbonyl (C=O) groups is 1. The number of rotatable bonds is 1. The Labute approximate surface area is 108 Å². The van der Waals surface area contributed by atoms with E-state index < -0.39 is 0 Å². The lowest BCUT2D eigenvalue weighted by molar-refractivity contribution is -0.116. The van der Waals surface area contributed by atoms with Crippen LogP contribution in [0.5, 0.6) is 0 Å². The zero-order valence-electron chi connectivity index (χ0n) is 10.8. The van der Waals surface area contributed by atoms with Crippen LogP contribution in [0.1, 0.15) is 43.2 Å². The average molecular weight is 241 g/mol. The Kier molecular flexibility index (Phi) is 2.73. The fourth-order valence-electron chi connectivity index (χ4n) is 3.64. The molecule has 1 N–H and O–H groups in total. The van der Waals surface area contributed by atoms with E-state index in [4.69, 9.17) is 0 Å². The molecule has 1 aromatic rings. The molecule has 2 heteroatoms. The predicted molar refractivity (Wildman–Crippen MR) is 73.2 cm³/mol. The normalized spacial score (nSPS) is 22.4. The molecule has 2 aliphatic rings. The molecular formula is C16H19NO. The molecule has 1 fully saturated rings. The molecule has 2 nitrogen and oxygen atoms in total. The van der Waals surface area contributed by atoms with Crippen molar-refractivity contribution in [3.8, 4) is 0 Å². The monoisotopic (exact) mass is 241 g/mol. The molecule has 0 heterocycles. The zero-order valence-corrected chi connectivity index (χ0v) is 10.8. The van der Waals surface area contributed by atoms with Crippen molar-refractivity contribution in [2.24, 2.45) is 0 Å². The van der Waals surface area contributed by atoms with Crippen molar-refractivity contribution in [3.05, 3.63) is 41.5 Å². The molecule has 0 aliphatic heterocycles. The highest BCUT2D eigenvalue weighted by atomic mass is 16.1. The van der Waals surface area contributed by atoms with Crippen LogP contribution >= 0.6 is 0 Å². The Bertz CT molecular complexity index is 510. The highest BCUT2D eigenvalue weighted by molar-refractivity contribution is 5.96. The van der Waals surface area contributed by atoms with Gasteiger partial charge in [-0.25, -0.2) is 0 Å². The summed E-state index contributed by atoms with van der Waals surface area (Å²) in [6.07, 6.45) is 8.01. The van der Waals surface area contributed by atoms with Gasteiger partial charge in [-0.05, 0) is 41.4 Å². The highest BCUT2D eigenvalue weighted by Gasteiger charge is 2.42. The number of nitrogens with one attached hydrogen (secondary N) is 1. The van der Waals surface area contributed by atoms with Gasteiger partial charge >= 0.3 is 0 Å². The second kappa shape index (κ2) is 4.27. The average Bonchev–Trinajstić information content (AvgIpc) is 2.98. The first-order chi connectivity index (χ1) is 8.75. The van der Waals surface area contributed by atoms with Gasteiger partial charge in [0.25, 0.3) is 0 Å². The summed E-state index contributed by atoms with van der Waals surface area (Å²) >= 11 is 0. The summed E-state index contributed by atoms with van der Waals surface area (Å²) in [5, 5.41) is 2.69. The van der Waals surface area contributed by atoms with Gasteiger partial charge in [-0.1, -0.05) is 37.1 Å². The second-order valence-electron chi connectivity index (χ2n) is 5.49. The van der Waals surface area contributed by atoms with Crippen molar-refractivity contribution in [2.45, 2.75) is 37.5 Å². The van der Waals surface area contributed by atoms with E-state index in [9.17, 15) is 4.79 Å². The Hall–Kier alpha value is -1.57. The highest BCUT2D eigenvalue weighted by Crippen LogP contribution is 2.54. The third-order valence-corrected chi connectivity index (χ3v) is 4.49. The van der Waals surface area contributed by atoms with Crippen LogP contribution in [0.4, 0.5) is 0 Å². The summed E-state index contributed by atoms with van der Waals surface area (Å²) in [5.41, 5.74) is 4.31. The van der Waals surface area contributed by atoms with E-state index in [2.05, 4.69) is 29.6 Å². The van der Waals surface area contributed by atoms with Gasteiger partial charge in [-0.15, -0.1) is 0 Å². The summed E-state index contributed by atoms with van der Waals surface area (Å²) in [7, 11) is 1.69. The van der Waals surface area contributed by atoms with E-state index in [0.717, 1.165) is 6.42 Å². The van der Waals surface area contributed by atoms with Gasteiger partial charge in [0.1, 0.15) is 0 Å². The number of fused-ring (bicyclic) bond motifs is 2. The van der Waals surface area contributed by atoms with Gasteiger partial charge in [0.2, 0.25) is 5.91 Å². The fourth-order valence-corrected chi connectivity index (χ4v) is 3.64. The van der Waals surface area contributed by atoms with Crippen LogP contribution in [0.25, 0.3) is 5.57 Å². The molecule has 1 aromatic carbocycles. The molecule has 0 atom stereocenters. The number of benzene rings is 1. The number of carbonyl (C=O) groups excluding carboxylic acids is 1. The molecule has 0 unspecified atom stereocenters. The minimum Gasteiger partial charge on any atom is -0.356 e. The minimum atomic E-state index is 0.00912. The molecule has 0 aromatic heterocycles. The summed E-state index contributed by atoms with van der Waals surface area (Å²) in [4.78, 5) is 11.6. The van der Waals surface area contributed by atoms with Crippen molar-refractivity contribution in [2.75, 3.05) is 7.05 Å². The summed E-state index contributed by atoms with van der Waals surface area (Å²) in [6.45, 7) is 0. The van der Waals surface area contributed by atoms with E-state index in [0.29, 0.717) is 5.41 Å². The molecule has 1 amide bonds. The molecule has 0 radical (unpaired) electrons. The van der Waals surface area contributed by atoms with Gasteiger partial charge in [-0.2, -0.15) is 0 Å². The van der Waals surface area contributed by atoms with E-state index in [1.807, 2.05) is 0 Å². The molecule has 0 saturated heterocycles. The van der Waals surface area contributed by atoms with Crippen LogP contribution in [-0.4, -0.2) is 13.0 Å². The van der Waals surface area contributed by atoms with Gasteiger partial charge < -0.3 is 5.32 Å². The summed E-state index contributed by atoms with van der Waals surface area (Å²) in [6, 6.07) is 8.62. The first kappa shape index (κ1) is 11.5. The van der Waals surface area contributed by atoms with Crippen molar-refractivity contribution in [3.63, 3.8) is 0 Å². The largest absolute Gasteiger partial charge is 0.356 e. The molecule has 1 saturated carbocycles. The minimum absolute atomic E-state index is 0.00912. The standard InChI is InChI=1S/C16H19NO/c1-17-15(18)10-12-11-16(8-4-5-9-16)14-7-3-2-6-13(12)14/h2-3,6-7,10H,4-5,8-9,11H2,1H3,(H,17,18)/b12-10+. The van der Waals surface area contributed by atoms with Crippen molar-refractivity contribution < 1.29 is 4.79 Å². The van der Waals surface area contributed by atoms with E-state index in [1.165, 1.54) is 42.4 Å². The molecule has 94 valence electrons. The van der Waals surface area contributed by atoms with Crippen LogP contribution in [0.2, 0.25) is 0 Å². The number of hydrogen-bond acceptors (Lipinski definition) is 1. The maximum absolute atomic E-state index is 11.6. The fraction of sp³-hybridized carbons (Fsp3) is 0.438. The molecule has 3 rings (SSSR count). The molecule has 0 bridgehead atoms. The Morgan fingerprint density at radius 1 is 1.28 bits per heavy atom. The summed E-state index contributed by atoms with van der Waals surface area (Å²) in [5.74, 6) is 0.00912. The molecule has 1 spiro atoms.